The molecule has 0 radical (unpaired) electrons. The van der Waals surface area contributed by atoms with Crippen LogP contribution in [-0.2, 0) is 4.79 Å². The molecule has 5 heteroatoms. The second-order valence-corrected chi connectivity index (χ2v) is 1.64. The predicted molar refractivity (Wildman–Crippen MR) is 32.2 cm³/mol. The fourth-order valence-electron chi connectivity index (χ4n) is 0.288. The van der Waals surface area contributed by atoms with E-state index >= 15 is 0 Å². The fourth-order valence-corrected chi connectivity index (χ4v) is 0.288. The summed E-state index contributed by atoms with van der Waals surface area (Å²) >= 11 is 0. The maximum Gasteiger partial charge on any atom is 0.323 e. The average molecular weight is 132 g/mol. The number of nitrogens with zero attached hydrogens (tertiary/aromatic N) is 1. The van der Waals surface area contributed by atoms with E-state index in [0.29, 0.717) is 0 Å². The Morgan fingerprint density at radius 1 is 1.89 bits per heavy atom. The molecule has 4 N–H and O–H groups in total. The summed E-state index contributed by atoms with van der Waals surface area (Å²) in [5.41, 5.74) is 4.93. The van der Waals surface area contributed by atoms with Gasteiger partial charge in [0, 0.05) is 7.05 Å². The van der Waals surface area contributed by atoms with Gasteiger partial charge in [-0.1, -0.05) is 0 Å². The quantitative estimate of drug-likeness (QED) is 0.252. The first-order valence-electron chi connectivity index (χ1n) is 2.31. The van der Waals surface area contributed by atoms with Gasteiger partial charge >= 0.3 is 5.97 Å². The van der Waals surface area contributed by atoms with E-state index in [1.54, 1.807) is 0 Å². The zero-order valence-corrected chi connectivity index (χ0v) is 5.09. The third-order valence-electron chi connectivity index (χ3n) is 0.784. The topological polar surface area (TPSA) is 90.4 Å². The second-order valence-electron chi connectivity index (χ2n) is 1.64. The van der Waals surface area contributed by atoms with Crippen LogP contribution in [0.1, 0.15) is 0 Å². The summed E-state index contributed by atoms with van der Waals surface area (Å²) in [5, 5.41) is 14.9. The van der Waals surface area contributed by atoms with Gasteiger partial charge in [-0.05, 0) is 0 Å². The Labute approximate surface area is 52.6 Å². The summed E-state index contributed by atoms with van der Waals surface area (Å²) in [6.07, 6.45) is 0. The van der Waals surface area contributed by atoms with E-state index < -0.39 is 5.97 Å². The number of nitrogens with two attached hydrogens (primary N) is 1. The van der Waals surface area contributed by atoms with E-state index in [9.17, 15) is 4.79 Å². The highest BCUT2D eigenvalue weighted by Crippen LogP contribution is 1.76. The molecule has 0 rings (SSSR count). The summed E-state index contributed by atoms with van der Waals surface area (Å²) in [4.78, 5) is 11.0. The molecule has 0 bridgehead atoms. The molecule has 0 saturated carbocycles. The SMILES string of the molecule is C[15N](CC(=O)O)C(=N)N. The molecular formula is C4H9N3O2. The second kappa shape index (κ2) is 2.91. The average Bonchev–Trinajstić information content (AvgIpc) is 1.63. The van der Waals surface area contributed by atoms with Gasteiger partial charge in [0.15, 0.2) is 5.96 Å². The van der Waals surface area contributed by atoms with Crippen LogP contribution in [-0.4, -0.2) is 35.5 Å². The van der Waals surface area contributed by atoms with Crippen LogP contribution in [0, 0.1) is 5.41 Å². The molecule has 52 valence electrons. The maximum absolute atomic E-state index is 9.92. The molecular weight excluding hydrogens is 123 g/mol. The van der Waals surface area contributed by atoms with E-state index in [-0.39, 0.29) is 12.5 Å². The number of carboxylic acid groups (broad SMARTS) is 1. The van der Waals surface area contributed by atoms with Crippen molar-refractivity contribution in [3.8, 4) is 0 Å². The van der Waals surface area contributed by atoms with Crippen LogP contribution >= 0.6 is 0 Å². The van der Waals surface area contributed by atoms with E-state index in [2.05, 4.69) is 0 Å². The largest absolute Gasteiger partial charge is 0.480 e. The Hall–Kier alpha value is -1.26. The lowest BCUT2D eigenvalue weighted by molar-refractivity contribution is -0.137. The Kier molecular flexibility index (Phi) is 2.50. The van der Waals surface area contributed by atoms with Gasteiger partial charge in [-0.3, -0.25) is 10.2 Å². The van der Waals surface area contributed by atoms with Gasteiger partial charge in [0.05, 0.1) is 0 Å². The van der Waals surface area contributed by atoms with Crippen LogP contribution in [0.25, 0.3) is 0 Å². The fraction of sp³-hybridized carbons (Fsp3) is 0.500. The molecule has 0 atom stereocenters. The number of nitrogens with one attached hydrogen (secondary N) is 1. The minimum absolute atomic E-state index is 0.227. The van der Waals surface area contributed by atoms with Crippen molar-refractivity contribution in [1.29, 1.82) is 5.41 Å². The van der Waals surface area contributed by atoms with E-state index in [4.69, 9.17) is 16.2 Å². The minimum atomic E-state index is -0.993. The number of rotatable bonds is 2. The number of carbonyl (C=O) groups is 1. The minimum Gasteiger partial charge on any atom is -0.480 e. The standard InChI is InChI=1S/C4H9N3O2/c1-7(4(5)6)2-3(8)9/h2H2,1H3,(H3,5,6)(H,8,9)/i7+1. The van der Waals surface area contributed by atoms with Crippen molar-refractivity contribution in [2.75, 3.05) is 13.6 Å². The molecule has 0 aromatic heterocycles. The number of hydrogen-bond donors (Lipinski definition) is 3. The van der Waals surface area contributed by atoms with E-state index in [1.807, 2.05) is 0 Å². The van der Waals surface area contributed by atoms with Crippen molar-refractivity contribution < 1.29 is 9.90 Å². The molecule has 5 nitrogen and oxygen atoms in total. The maximum atomic E-state index is 9.92. The number of hydrogen-bond acceptors (Lipinski definition) is 2. The lowest BCUT2D eigenvalue weighted by Gasteiger charge is -2.12. The van der Waals surface area contributed by atoms with Crippen LogP contribution in [0.2, 0.25) is 0 Å². The molecule has 9 heavy (non-hydrogen) atoms. The third-order valence-corrected chi connectivity index (χ3v) is 0.784. The van der Waals surface area contributed by atoms with Crippen molar-refractivity contribution in [1.82, 2.24) is 4.90 Å². The Bertz CT molecular complexity index is 134. The molecule has 0 aliphatic rings. The molecule has 0 saturated heterocycles. The molecule has 0 aliphatic carbocycles. The Morgan fingerprint density at radius 3 is 2.44 bits per heavy atom. The van der Waals surface area contributed by atoms with Gasteiger partial charge in [0.1, 0.15) is 6.54 Å². The molecule has 0 unspecified atom stereocenters. The van der Waals surface area contributed by atoms with Crippen LogP contribution < -0.4 is 5.73 Å². The first-order chi connectivity index (χ1) is 4.04. The van der Waals surface area contributed by atoms with Crippen molar-refractivity contribution >= 4 is 11.9 Å². The van der Waals surface area contributed by atoms with Crippen molar-refractivity contribution in [3.05, 3.63) is 0 Å². The smallest absolute Gasteiger partial charge is 0.323 e. The molecule has 0 aromatic carbocycles. The molecule has 0 spiro atoms. The van der Waals surface area contributed by atoms with Gasteiger partial charge in [0.2, 0.25) is 0 Å². The highest BCUT2D eigenvalue weighted by Gasteiger charge is 2.03. The third kappa shape index (κ3) is 3.33. The summed E-state index contributed by atoms with van der Waals surface area (Å²) < 4.78 is 0. The van der Waals surface area contributed by atoms with Gasteiger partial charge in [-0.25, -0.2) is 0 Å². The van der Waals surface area contributed by atoms with Crippen LogP contribution in [0.15, 0.2) is 0 Å². The zero-order chi connectivity index (χ0) is 7.44. The van der Waals surface area contributed by atoms with Gasteiger partial charge in [0.25, 0.3) is 0 Å². The first-order valence-corrected chi connectivity index (χ1v) is 2.31. The molecule has 0 aliphatic heterocycles. The van der Waals surface area contributed by atoms with Gasteiger partial charge in [-0.2, -0.15) is 0 Å². The Morgan fingerprint density at radius 2 is 2.33 bits per heavy atom. The number of guanidine groups is 1. The monoisotopic (exact) mass is 132 g/mol. The normalized spacial score (nSPS) is 8.56. The van der Waals surface area contributed by atoms with Crippen LogP contribution in [0.5, 0.6) is 0 Å². The zero-order valence-electron chi connectivity index (χ0n) is 5.09. The van der Waals surface area contributed by atoms with Gasteiger partial charge < -0.3 is 15.7 Å². The molecule has 0 heterocycles. The number of likely N-dealkylation sites (N-methyl/N-ethyl adjacent to an activating group) is 1. The van der Waals surface area contributed by atoms with Crippen molar-refractivity contribution in [2.24, 2.45) is 5.73 Å². The predicted octanol–water partition coefficient (Wildman–Crippen LogP) is -1.10. The number of aliphatic carboxylic acids is 1. The van der Waals surface area contributed by atoms with Crippen molar-refractivity contribution in [2.45, 2.75) is 0 Å². The van der Waals surface area contributed by atoms with Crippen LogP contribution in [0.4, 0.5) is 0 Å². The molecule has 0 aromatic rings. The van der Waals surface area contributed by atoms with Gasteiger partial charge in [-0.15, -0.1) is 0 Å². The summed E-state index contributed by atoms with van der Waals surface area (Å²) in [6.45, 7) is -0.227. The highest BCUT2D eigenvalue weighted by atomic mass is 16.4. The Balaban J connectivity index is 3.63. The number of carboxylic acids is 1. The first kappa shape index (κ1) is 7.74. The molecule has 0 amide bonds. The van der Waals surface area contributed by atoms with E-state index in [1.165, 1.54) is 7.05 Å². The molecule has 0 fully saturated rings. The van der Waals surface area contributed by atoms with E-state index in [0.717, 1.165) is 4.90 Å². The van der Waals surface area contributed by atoms with Crippen molar-refractivity contribution in [3.63, 3.8) is 0 Å². The summed E-state index contributed by atoms with van der Waals surface area (Å²) in [5.74, 6) is -1.23. The summed E-state index contributed by atoms with van der Waals surface area (Å²) in [6, 6.07) is 0. The lowest BCUT2D eigenvalue weighted by atomic mass is 10.7. The lowest BCUT2D eigenvalue weighted by Crippen LogP contribution is -2.36. The summed E-state index contributed by atoms with van der Waals surface area (Å²) in [7, 11) is 1.44. The highest BCUT2D eigenvalue weighted by molar-refractivity contribution is 5.79. The van der Waals surface area contributed by atoms with Crippen LogP contribution in [0.3, 0.4) is 0 Å².